The Kier molecular flexibility index (Phi) is 6.73. The standard InChI is InChI=1S/C22H26N4O3/c1-15(2)29-18-8-6-5-7-17(18)25-22-23-12-11-21(26-22)24-14-16-9-10-19(27-3)20(13-16)28-4/h5-13,15H,14H2,1-4H3,(H2,23,24,25,26). The van der Waals surface area contributed by atoms with Gasteiger partial charge in [0.2, 0.25) is 5.95 Å². The highest BCUT2D eigenvalue weighted by Gasteiger charge is 2.08. The van der Waals surface area contributed by atoms with Crippen molar-refractivity contribution in [2.24, 2.45) is 0 Å². The van der Waals surface area contributed by atoms with Crippen LogP contribution in [-0.4, -0.2) is 30.3 Å². The van der Waals surface area contributed by atoms with E-state index in [-0.39, 0.29) is 6.10 Å². The van der Waals surface area contributed by atoms with Gasteiger partial charge in [0.15, 0.2) is 11.5 Å². The van der Waals surface area contributed by atoms with Gasteiger partial charge >= 0.3 is 0 Å². The van der Waals surface area contributed by atoms with Crippen molar-refractivity contribution in [3.63, 3.8) is 0 Å². The monoisotopic (exact) mass is 394 g/mol. The maximum absolute atomic E-state index is 5.84. The molecule has 0 aliphatic carbocycles. The summed E-state index contributed by atoms with van der Waals surface area (Å²) in [6.07, 6.45) is 1.78. The summed E-state index contributed by atoms with van der Waals surface area (Å²) in [6, 6.07) is 15.3. The minimum atomic E-state index is 0.0772. The molecule has 1 heterocycles. The molecule has 152 valence electrons. The van der Waals surface area contributed by atoms with E-state index in [4.69, 9.17) is 14.2 Å². The molecule has 0 aliphatic rings. The molecule has 2 N–H and O–H groups in total. The summed E-state index contributed by atoms with van der Waals surface area (Å²) in [5.41, 5.74) is 1.87. The molecule has 7 nitrogen and oxygen atoms in total. The van der Waals surface area contributed by atoms with Gasteiger partial charge in [-0.1, -0.05) is 18.2 Å². The van der Waals surface area contributed by atoms with Crippen LogP contribution in [0.5, 0.6) is 17.2 Å². The molecule has 0 saturated carbocycles. The van der Waals surface area contributed by atoms with Gasteiger partial charge in [-0.2, -0.15) is 4.98 Å². The Morgan fingerprint density at radius 2 is 1.72 bits per heavy atom. The maximum atomic E-state index is 5.84. The lowest BCUT2D eigenvalue weighted by molar-refractivity contribution is 0.244. The van der Waals surface area contributed by atoms with E-state index in [1.54, 1.807) is 20.4 Å². The summed E-state index contributed by atoms with van der Waals surface area (Å²) in [4.78, 5) is 8.84. The molecule has 7 heteroatoms. The quantitative estimate of drug-likeness (QED) is 0.547. The summed E-state index contributed by atoms with van der Waals surface area (Å²) >= 11 is 0. The molecule has 0 aliphatic heterocycles. The van der Waals surface area contributed by atoms with Gasteiger partial charge in [0.05, 0.1) is 26.0 Å². The third kappa shape index (κ3) is 5.51. The molecular weight excluding hydrogens is 368 g/mol. The number of rotatable bonds is 9. The third-order valence-electron chi connectivity index (χ3n) is 4.07. The van der Waals surface area contributed by atoms with Crippen LogP contribution in [0.15, 0.2) is 54.7 Å². The predicted molar refractivity (Wildman–Crippen MR) is 114 cm³/mol. The number of hydrogen-bond donors (Lipinski definition) is 2. The summed E-state index contributed by atoms with van der Waals surface area (Å²) in [6.45, 7) is 4.57. The number of para-hydroxylation sites is 2. The molecule has 3 aromatic rings. The highest BCUT2D eigenvalue weighted by molar-refractivity contribution is 5.63. The summed E-state index contributed by atoms with van der Waals surface area (Å²) in [7, 11) is 3.24. The fourth-order valence-electron chi connectivity index (χ4n) is 2.75. The first-order chi connectivity index (χ1) is 14.1. The van der Waals surface area contributed by atoms with E-state index in [1.807, 2.05) is 62.4 Å². The second-order valence-electron chi connectivity index (χ2n) is 6.60. The van der Waals surface area contributed by atoms with Crippen LogP contribution in [0.4, 0.5) is 17.5 Å². The Bertz CT molecular complexity index is 947. The lowest BCUT2D eigenvalue weighted by atomic mass is 10.2. The molecule has 1 aromatic heterocycles. The molecule has 0 amide bonds. The average molecular weight is 394 g/mol. The highest BCUT2D eigenvalue weighted by Crippen LogP contribution is 2.29. The van der Waals surface area contributed by atoms with Gasteiger partial charge in [-0.3, -0.25) is 0 Å². The van der Waals surface area contributed by atoms with E-state index in [9.17, 15) is 0 Å². The van der Waals surface area contributed by atoms with Crippen molar-refractivity contribution in [3.05, 3.63) is 60.3 Å². The minimum Gasteiger partial charge on any atom is -0.493 e. The van der Waals surface area contributed by atoms with Crippen molar-refractivity contribution >= 4 is 17.5 Å². The van der Waals surface area contributed by atoms with Crippen LogP contribution in [0.2, 0.25) is 0 Å². The minimum absolute atomic E-state index is 0.0772. The van der Waals surface area contributed by atoms with E-state index in [0.29, 0.717) is 29.8 Å². The molecule has 0 spiro atoms. The van der Waals surface area contributed by atoms with Crippen molar-refractivity contribution < 1.29 is 14.2 Å². The Morgan fingerprint density at radius 3 is 2.48 bits per heavy atom. The third-order valence-corrected chi connectivity index (χ3v) is 4.07. The second-order valence-corrected chi connectivity index (χ2v) is 6.60. The number of hydrogen-bond acceptors (Lipinski definition) is 7. The fraction of sp³-hybridized carbons (Fsp3) is 0.273. The molecule has 29 heavy (non-hydrogen) atoms. The van der Waals surface area contributed by atoms with Gasteiger partial charge in [-0.05, 0) is 49.7 Å². The zero-order valence-electron chi connectivity index (χ0n) is 17.1. The molecule has 0 bridgehead atoms. The SMILES string of the molecule is COc1ccc(CNc2ccnc(Nc3ccccc3OC(C)C)n2)cc1OC. The van der Waals surface area contributed by atoms with Crippen LogP contribution >= 0.6 is 0 Å². The van der Waals surface area contributed by atoms with Gasteiger partial charge < -0.3 is 24.8 Å². The number of aromatic nitrogens is 2. The number of ether oxygens (including phenoxy) is 3. The molecule has 2 aromatic carbocycles. The van der Waals surface area contributed by atoms with E-state index in [2.05, 4.69) is 20.6 Å². The van der Waals surface area contributed by atoms with Crippen LogP contribution < -0.4 is 24.8 Å². The number of benzene rings is 2. The fourth-order valence-corrected chi connectivity index (χ4v) is 2.75. The predicted octanol–water partition coefficient (Wildman–Crippen LogP) is 4.64. The van der Waals surface area contributed by atoms with E-state index < -0.39 is 0 Å². The zero-order chi connectivity index (χ0) is 20.6. The Balaban J connectivity index is 1.69. The Morgan fingerprint density at radius 1 is 0.931 bits per heavy atom. The number of nitrogens with zero attached hydrogens (tertiary/aromatic N) is 2. The van der Waals surface area contributed by atoms with Crippen LogP contribution in [0, 0.1) is 0 Å². The summed E-state index contributed by atoms with van der Waals surface area (Å²) < 4.78 is 16.5. The van der Waals surface area contributed by atoms with Gasteiger partial charge in [0, 0.05) is 12.7 Å². The van der Waals surface area contributed by atoms with Gasteiger partial charge in [-0.15, -0.1) is 0 Å². The van der Waals surface area contributed by atoms with Crippen LogP contribution in [0.1, 0.15) is 19.4 Å². The second kappa shape index (κ2) is 9.64. The summed E-state index contributed by atoms with van der Waals surface area (Å²) in [5, 5.41) is 6.53. The molecule has 0 atom stereocenters. The van der Waals surface area contributed by atoms with Crippen molar-refractivity contribution in [1.29, 1.82) is 0 Å². The molecule has 0 unspecified atom stereocenters. The summed E-state index contributed by atoms with van der Waals surface area (Å²) in [5.74, 6) is 3.35. The van der Waals surface area contributed by atoms with Gasteiger partial charge in [-0.25, -0.2) is 4.98 Å². The normalized spacial score (nSPS) is 10.5. The topological polar surface area (TPSA) is 77.5 Å². The first kappa shape index (κ1) is 20.3. The first-order valence-electron chi connectivity index (χ1n) is 9.39. The molecular formula is C22H26N4O3. The van der Waals surface area contributed by atoms with Crippen LogP contribution in [0.3, 0.4) is 0 Å². The van der Waals surface area contributed by atoms with E-state index >= 15 is 0 Å². The first-order valence-corrected chi connectivity index (χ1v) is 9.39. The average Bonchev–Trinajstić information content (AvgIpc) is 2.73. The number of anilines is 3. The van der Waals surface area contributed by atoms with Crippen molar-refractivity contribution in [1.82, 2.24) is 9.97 Å². The van der Waals surface area contributed by atoms with Gasteiger partial charge in [0.25, 0.3) is 0 Å². The Hall–Kier alpha value is -3.48. The maximum Gasteiger partial charge on any atom is 0.229 e. The number of nitrogens with one attached hydrogen (secondary N) is 2. The lowest BCUT2D eigenvalue weighted by Gasteiger charge is -2.15. The largest absolute Gasteiger partial charge is 0.493 e. The van der Waals surface area contributed by atoms with Crippen LogP contribution in [0.25, 0.3) is 0 Å². The highest BCUT2D eigenvalue weighted by atomic mass is 16.5. The van der Waals surface area contributed by atoms with Crippen LogP contribution in [-0.2, 0) is 6.54 Å². The zero-order valence-corrected chi connectivity index (χ0v) is 17.1. The van der Waals surface area contributed by atoms with Crippen molar-refractivity contribution in [3.8, 4) is 17.2 Å². The number of methoxy groups -OCH3 is 2. The van der Waals surface area contributed by atoms with Crippen molar-refractivity contribution in [2.75, 3.05) is 24.9 Å². The molecule has 0 saturated heterocycles. The van der Waals surface area contributed by atoms with Gasteiger partial charge in [0.1, 0.15) is 11.6 Å². The van der Waals surface area contributed by atoms with E-state index in [1.165, 1.54) is 0 Å². The van der Waals surface area contributed by atoms with Crippen molar-refractivity contribution in [2.45, 2.75) is 26.5 Å². The lowest BCUT2D eigenvalue weighted by Crippen LogP contribution is -2.08. The van der Waals surface area contributed by atoms with E-state index in [0.717, 1.165) is 17.0 Å². The molecule has 0 radical (unpaired) electrons. The molecule has 3 rings (SSSR count). The molecule has 0 fully saturated rings. The Labute approximate surface area is 171 Å². The smallest absolute Gasteiger partial charge is 0.229 e.